The lowest BCUT2D eigenvalue weighted by atomic mass is 10.1. The molecule has 6 heteroatoms. The van der Waals surface area contributed by atoms with Gasteiger partial charge >= 0.3 is 5.97 Å². The molecule has 1 aromatic rings. The average molecular weight is 273 g/mol. The zero-order chi connectivity index (χ0) is 12.7. The van der Waals surface area contributed by atoms with E-state index in [-0.39, 0.29) is 31.3 Å². The highest BCUT2D eigenvalue weighted by atomic mass is 35.5. The van der Waals surface area contributed by atoms with Gasteiger partial charge < -0.3 is 15.8 Å². The van der Waals surface area contributed by atoms with Crippen LogP contribution in [0.3, 0.4) is 0 Å². The van der Waals surface area contributed by atoms with Crippen LogP contribution < -0.4 is 11.1 Å². The highest BCUT2D eigenvalue weighted by Crippen LogP contribution is 2.14. The summed E-state index contributed by atoms with van der Waals surface area (Å²) in [7, 11) is 1.29. The molecule has 5 nitrogen and oxygen atoms in total. The third-order valence-electron chi connectivity index (χ3n) is 2.25. The van der Waals surface area contributed by atoms with Gasteiger partial charge in [-0.25, -0.2) is 4.79 Å². The molecular formula is C12H17ClN2O3. The molecule has 0 fully saturated rings. The van der Waals surface area contributed by atoms with Crippen molar-refractivity contribution in [2.45, 2.75) is 12.5 Å². The minimum Gasteiger partial charge on any atom is -0.467 e. The van der Waals surface area contributed by atoms with E-state index in [4.69, 9.17) is 5.73 Å². The third kappa shape index (κ3) is 4.73. The van der Waals surface area contributed by atoms with E-state index in [1.807, 2.05) is 6.07 Å². The Morgan fingerprint density at radius 2 is 1.94 bits per heavy atom. The van der Waals surface area contributed by atoms with Crippen LogP contribution in [0.1, 0.15) is 18.0 Å². The van der Waals surface area contributed by atoms with Crippen LogP contribution in [0.25, 0.3) is 0 Å². The maximum Gasteiger partial charge on any atom is 0.333 e. The minimum atomic E-state index is -0.778. The van der Waals surface area contributed by atoms with E-state index >= 15 is 0 Å². The van der Waals surface area contributed by atoms with Crippen LogP contribution in [-0.2, 0) is 14.3 Å². The van der Waals surface area contributed by atoms with Crippen molar-refractivity contribution in [3.8, 4) is 0 Å². The van der Waals surface area contributed by atoms with Gasteiger partial charge in [-0.2, -0.15) is 0 Å². The molecule has 0 heterocycles. The quantitative estimate of drug-likeness (QED) is 0.777. The zero-order valence-electron chi connectivity index (χ0n) is 10.1. The molecule has 100 valence electrons. The van der Waals surface area contributed by atoms with E-state index in [0.29, 0.717) is 5.56 Å². The van der Waals surface area contributed by atoms with E-state index in [1.165, 1.54) is 7.11 Å². The maximum absolute atomic E-state index is 11.6. The van der Waals surface area contributed by atoms with E-state index in [2.05, 4.69) is 10.1 Å². The fourth-order valence-electron chi connectivity index (χ4n) is 1.41. The number of amides is 1. The third-order valence-corrected chi connectivity index (χ3v) is 2.25. The van der Waals surface area contributed by atoms with Crippen molar-refractivity contribution >= 4 is 24.3 Å². The van der Waals surface area contributed by atoms with Gasteiger partial charge in [0.25, 0.3) is 0 Å². The number of rotatable bonds is 5. The summed E-state index contributed by atoms with van der Waals surface area (Å²) in [6.45, 7) is 0.245. The number of carbonyl (C=O) groups excluding carboxylic acids is 2. The summed E-state index contributed by atoms with van der Waals surface area (Å²) in [6.07, 6.45) is 0.181. The Morgan fingerprint density at radius 3 is 2.44 bits per heavy atom. The second kappa shape index (κ2) is 8.49. The molecule has 0 saturated heterocycles. The first-order chi connectivity index (χ1) is 8.19. The molecule has 0 aliphatic rings. The summed E-state index contributed by atoms with van der Waals surface area (Å²) >= 11 is 0. The van der Waals surface area contributed by atoms with Crippen LogP contribution >= 0.6 is 12.4 Å². The Morgan fingerprint density at radius 1 is 1.33 bits per heavy atom. The molecule has 0 saturated carbocycles. The van der Waals surface area contributed by atoms with Crippen molar-refractivity contribution in [2.75, 3.05) is 13.7 Å². The molecule has 3 N–H and O–H groups in total. The van der Waals surface area contributed by atoms with Crippen LogP contribution in [0.5, 0.6) is 0 Å². The fourth-order valence-corrected chi connectivity index (χ4v) is 1.41. The largest absolute Gasteiger partial charge is 0.467 e. The van der Waals surface area contributed by atoms with Crippen molar-refractivity contribution in [3.63, 3.8) is 0 Å². The van der Waals surface area contributed by atoms with Crippen LogP contribution in [0.15, 0.2) is 30.3 Å². The zero-order valence-corrected chi connectivity index (χ0v) is 10.9. The van der Waals surface area contributed by atoms with Crippen molar-refractivity contribution in [1.82, 2.24) is 5.32 Å². The second-order valence-electron chi connectivity index (χ2n) is 3.47. The van der Waals surface area contributed by atoms with Crippen LogP contribution in [0.2, 0.25) is 0 Å². The number of hydrogen-bond donors (Lipinski definition) is 2. The van der Waals surface area contributed by atoms with Gasteiger partial charge in [-0.1, -0.05) is 30.3 Å². The maximum atomic E-state index is 11.6. The molecule has 0 bridgehead atoms. The predicted molar refractivity (Wildman–Crippen MR) is 70.3 cm³/mol. The number of benzene rings is 1. The molecule has 1 unspecified atom stereocenters. The van der Waals surface area contributed by atoms with Gasteiger partial charge in [-0.3, -0.25) is 4.79 Å². The standard InChI is InChI=1S/C12H16N2O3.ClH/c1-17-12(16)11(14-10(15)7-8-13)9-5-3-2-4-6-9;/h2-6,11H,7-8,13H2,1H3,(H,14,15);1H. The van der Waals surface area contributed by atoms with Crippen LogP contribution in [0, 0.1) is 0 Å². The summed E-state index contributed by atoms with van der Waals surface area (Å²) in [4.78, 5) is 23.0. The van der Waals surface area contributed by atoms with Gasteiger partial charge in [0.15, 0.2) is 6.04 Å². The number of nitrogens with one attached hydrogen (secondary N) is 1. The predicted octanol–water partition coefficient (Wildman–Crippen LogP) is 0.788. The number of halogens is 1. The van der Waals surface area contributed by atoms with E-state index in [1.54, 1.807) is 24.3 Å². The first-order valence-corrected chi connectivity index (χ1v) is 5.31. The van der Waals surface area contributed by atoms with Crippen LogP contribution in [0.4, 0.5) is 0 Å². The molecule has 0 radical (unpaired) electrons. The molecule has 18 heavy (non-hydrogen) atoms. The van der Waals surface area contributed by atoms with E-state index in [9.17, 15) is 9.59 Å². The highest BCUT2D eigenvalue weighted by molar-refractivity contribution is 5.85. The molecule has 0 aliphatic carbocycles. The molecule has 1 atom stereocenters. The number of methoxy groups -OCH3 is 1. The fraction of sp³-hybridized carbons (Fsp3) is 0.333. The lowest BCUT2D eigenvalue weighted by Crippen LogP contribution is -2.35. The van der Waals surface area contributed by atoms with Crippen molar-refractivity contribution < 1.29 is 14.3 Å². The number of carbonyl (C=O) groups is 2. The summed E-state index contributed by atoms with van der Waals surface area (Å²) in [5, 5.41) is 2.59. The molecule has 1 amide bonds. The Hall–Kier alpha value is -1.59. The lowest BCUT2D eigenvalue weighted by Gasteiger charge is -2.16. The summed E-state index contributed by atoms with van der Waals surface area (Å²) in [6, 6.07) is 8.15. The summed E-state index contributed by atoms with van der Waals surface area (Å²) in [5.41, 5.74) is 5.96. The van der Waals surface area contributed by atoms with E-state index in [0.717, 1.165) is 0 Å². The second-order valence-corrected chi connectivity index (χ2v) is 3.47. The Labute approximate surface area is 112 Å². The summed E-state index contributed by atoms with van der Waals surface area (Å²) < 4.78 is 4.66. The molecule has 1 aromatic carbocycles. The van der Waals surface area contributed by atoms with Gasteiger partial charge in [-0.05, 0) is 5.56 Å². The number of esters is 1. The first-order valence-electron chi connectivity index (χ1n) is 5.31. The van der Waals surface area contributed by atoms with Crippen LogP contribution in [-0.4, -0.2) is 25.5 Å². The van der Waals surface area contributed by atoms with Gasteiger partial charge in [0.05, 0.1) is 7.11 Å². The van der Waals surface area contributed by atoms with Gasteiger partial charge in [-0.15, -0.1) is 12.4 Å². The van der Waals surface area contributed by atoms with Crippen molar-refractivity contribution in [3.05, 3.63) is 35.9 Å². The molecule has 0 aliphatic heterocycles. The monoisotopic (exact) mass is 272 g/mol. The minimum absolute atomic E-state index is 0. The highest BCUT2D eigenvalue weighted by Gasteiger charge is 2.22. The number of ether oxygens (including phenoxy) is 1. The molecule has 0 spiro atoms. The molecular weight excluding hydrogens is 256 g/mol. The summed E-state index contributed by atoms with van der Waals surface area (Å²) in [5.74, 6) is -0.770. The SMILES string of the molecule is COC(=O)C(NC(=O)CCN)c1ccccc1.Cl. The Bertz CT molecular complexity index is 384. The van der Waals surface area contributed by atoms with Crippen molar-refractivity contribution in [2.24, 2.45) is 5.73 Å². The normalized spacial score (nSPS) is 11.0. The van der Waals surface area contributed by atoms with Crippen molar-refractivity contribution in [1.29, 1.82) is 0 Å². The number of hydrogen-bond acceptors (Lipinski definition) is 4. The van der Waals surface area contributed by atoms with Gasteiger partial charge in [0.1, 0.15) is 0 Å². The van der Waals surface area contributed by atoms with E-state index < -0.39 is 12.0 Å². The molecule has 1 rings (SSSR count). The number of nitrogens with two attached hydrogens (primary N) is 1. The van der Waals surface area contributed by atoms with Gasteiger partial charge in [0.2, 0.25) is 5.91 Å². The smallest absolute Gasteiger partial charge is 0.333 e. The average Bonchev–Trinajstić information content (AvgIpc) is 2.36. The van der Waals surface area contributed by atoms with Gasteiger partial charge in [0, 0.05) is 13.0 Å². The lowest BCUT2D eigenvalue weighted by molar-refractivity contribution is -0.145. The molecule has 0 aromatic heterocycles. The first kappa shape index (κ1) is 16.4. The topological polar surface area (TPSA) is 81.4 Å². The Balaban J connectivity index is 0.00000289. The Kier molecular flexibility index (Phi) is 7.74.